The average molecular weight is 258 g/mol. The molecular weight excluding hydrogens is 236 g/mol. The summed E-state index contributed by atoms with van der Waals surface area (Å²) in [4.78, 5) is 2.48. The Balaban J connectivity index is 1.93. The Morgan fingerprint density at radius 3 is 2.68 bits per heavy atom. The lowest BCUT2D eigenvalue weighted by molar-refractivity contribution is 0.0332. The third kappa shape index (κ3) is 2.53. The third-order valence-electron chi connectivity index (χ3n) is 3.95. The molecule has 2 heterocycles. The maximum Gasteiger partial charge on any atom is 0.0594 e. The van der Waals surface area contributed by atoms with E-state index in [1.165, 1.54) is 22.2 Å². The van der Waals surface area contributed by atoms with Crippen molar-refractivity contribution in [2.75, 3.05) is 26.3 Å². The Hall–Kier alpha value is -1.32. The fourth-order valence-electron chi connectivity index (χ4n) is 2.94. The molecule has 0 amide bonds. The Morgan fingerprint density at radius 1 is 1.16 bits per heavy atom. The molecule has 1 aromatic carbocycles. The van der Waals surface area contributed by atoms with Crippen LogP contribution in [0.5, 0.6) is 0 Å². The normalized spacial score (nSPS) is 17.2. The van der Waals surface area contributed by atoms with E-state index in [4.69, 9.17) is 4.74 Å². The van der Waals surface area contributed by atoms with Gasteiger partial charge in [-0.15, -0.1) is 0 Å². The summed E-state index contributed by atoms with van der Waals surface area (Å²) in [5.74, 6) is 0. The quantitative estimate of drug-likeness (QED) is 0.842. The van der Waals surface area contributed by atoms with Crippen LogP contribution in [0.15, 0.2) is 24.3 Å². The van der Waals surface area contributed by atoms with Crippen LogP contribution in [0.3, 0.4) is 0 Å². The average Bonchev–Trinajstić information content (AvgIpc) is 2.76. The largest absolute Gasteiger partial charge is 0.379 e. The number of hydrogen-bond acceptors (Lipinski definition) is 2. The van der Waals surface area contributed by atoms with Crippen molar-refractivity contribution in [2.45, 2.75) is 26.9 Å². The van der Waals surface area contributed by atoms with E-state index in [1.54, 1.807) is 0 Å². The number of rotatable bonds is 3. The van der Waals surface area contributed by atoms with Crippen molar-refractivity contribution in [3.8, 4) is 0 Å². The van der Waals surface area contributed by atoms with Crippen molar-refractivity contribution < 1.29 is 4.74 Å². The lowest BCUT2D eigenvalue weighted by atomic mass is 10.2. The summed E-state index contributed by atoms with van der Waals surface area (Å²) in [6.07, 6.45) is 0. The summed E-state index contributed by atoms with van der Waals surface area (Å²) in [6, 6.07) is 9.08. The monoisotopic (exact) mass is 258 g/mol. The van der Waals surface area contributed by atoms with Gasteiger partial charge in [0.25, 0.3) is 0 Å². The molecular formula is C16H22N2O. The van der Waals surface area contributed by atoms with Gasteiger partial charge in [0, 0.05) is 42.8 Å². The first-order chi connectivity index (χ1) is 9.28. The molecule has 1 aliphatic heterocycles. The van der Waals surface area contributed by atoms with Gasteiger partial charge in [0.2, 0.25) is 0 Å². The zero-order valence-electron chi connectivity index (χ0n) is 11.9. The van der Waals surface area contributed by atoms with E-state index in [1.807, 2.05) is 0 Å². The molecule has 0 N–H and O–H groups in total. The van der Waals surface area contributed by atoms with Gasteiger partial charge in [0.05, 0.1) is 13.2 Å². The van der Waals surface area contributed by atoms with E-state index in [2.05, 4.69) is 47.6 Å². The summed E-state index contributed by atoms with van der Waals surface area (Å²) in [7, 11) is 0. The minimum atomic E-state index is 0.867. The van der Waals surface area contributed by atoms with Crippen molar-refractivity contribution in [3.63, 3.8) is 0 Å². The second kappa shape index (κ2) is 5.35. The molecule has 19 heavy (non-hydrogen) atoms. The highest BCUT2D eigenvalue weighted by molar-refractivity contribution is 5.82. The summed E-state index contributed by atoms with van der Waals surface area (Å²) in [5, 5.41) is 1.37. The topological polar surface area (TPSA) is 17.4 Å². The van der Waals surface area contributed by atoms with Crippen LogP contribution in [0.4, 0.5) is 0 Å². The molecule has 1 fully saturated rings. The number of morpholine rings is 1. The number of aryl methyl sites for hydroxylation is 2. The van der Waals surface area contributed by atoms with Gasteiger partial charge in [-0.2, -0.15) is 0 Å². The van der Waals surface area contributed by atoms with E-state index >= 15 is 0 Å². The molecule has 3 nitrogen and oxygen atoms in total. The standard InChI is InChI=1S/C16H22N2O/c1-3-18-15(12-17-6-8-19-9-7-17)11-14-10-13(2)4-5-16(14)18/h4-5,10-11H,3,6-9,12H2,1-2H3. The van der Waals surface area contributed by atoms with Gasteiger partial charge < -0.3 is 9.30 Å². The smallest absolute Gasteiger partial charge is 0.0594 e. The van der Waals surface area contributed by atoms with Gasteiger partial charge in [-0.1, -0.05) is 11.6 Å². The summed E-state index contributed by atoms with van der Waals surface area (Å²) >= 11 is 0. The maximum absolute atomic E-state index is 5.42. The highest BCUT2D eigenvalue weighted by Crippen LogP contribution is 2.22. The minimum absolute atomic E-state index is 0.867. The number of benzene rings is 1. The fourth-order valence-corrected chi connectivity index (χ4v) is 2.94. The molecule has 0 unspecified atom stereocenters. The van der Waals surface area contributed by atoms with Crippen molar-refractivity contribution >= 4 is 10.9 Å². The van der Waals surface area contributed by atoms with Crippen LogP contribution in [0.1, 0.15) is 18.2 Å². The Morgan fingerprint density at radius 2 is 1.95 bits per heavy atom. The van der Waals surface area contributed by atoms with Crippen LogP contribution in [0.25, 0.3) is 10.9 Å². The van der Waals surface area contributed by atoms with Crippen molar-refractivity contribution in [1.29, 1.82) is 0 Å². The van der Waals surface area contributed by atoms with Gasteiger partial charge >= 0.3 is 0 Å². The fraction of sp³-hybridized carbons (Fsp3) is 0.500. The molecule has 0 bridgehead atoms. The second-order valence-electron chi connectivity index (χ2n) is 5.33. The first kappa shape index (κ1) is 12.7. The van der Waals surface area contributed by atoms with E-state index in [9.17, 15) is 0 Å². The molecule has 3 rings (SSSR count). The van der Waals surface area contributed by atoms with Gasteiger partial charge in [0.15, 0.2) is 0 Å². The molecule has 0 atom stereocenters. The molecule has 0 spiro atoms. The predicted octanol–water partition coefficient (Wildman–Crippen LogP) is 2.80. The summed E-state index contributed by atoms with van der Waals surface area (Å²) in [5.41, 5.74) is 4.11. The van der Waals surface area contributed by atoms with E-state index in [0.717, 1.165) is 39.4 Å². The molecule has 1 aliphatic rings. The van der Waals surface area contributed by atoms with Gasteiger partial charge in [-0.05, 0) is 32.0 Å². The number of ether oxygens (including phenoxy) is 1. The molecule has 2 aromatic rings. The number of fused-ring (bicyclic) bond motifs is 1. The number of hydrogen-bond donors (Lipinski definition) is 0. The maximum atomic E-state index is 5.42. The first-order valence-electron chi connectivity index (χ1n) is 7.17. The molecule has 0 saturated carbocycles. The van der Waals surface area contributed by atoms with Crippen LogP contribution in [0, 0.1) is 6.92 Å². The third-order valence-corrected chi connectivity index (χ3v) is 3.95. The van der Waals surface area contributed by atoms with Crippen LogP contribution >= 0.6 is 0 Å². The summed E-state index contributed by atoms with van der Waals surface area (Å²) < 4.78 is 7.85. The lowest BCUT2D eigenvalue weighted by Crippen LogP contribution is -2.36. The summed E-state index contributed by atoms with van der Waals surface area (Å²) in [6.45, 7) is 10.3. The molecule has 0 aliphatic carbocycles. The Kier molecular flexibility index (Phi) is 3.58. The number of aromatic nitrogens is 1. The van der Waals surface area contributed by atoms with Crippen LogP contribution < -0.4 is 0 Å². The highest BCUT2D eigenvalue weighted by Gasteiger charge is 2.14. The molecule has 102 valence electrons. The van der Waals surface area contributed by atoms with Crippen molar-refractivity contribution in [1.82, 2.24) is 9.47 Å². The highest BCUT2D eigenvalue weighted by atomic mass is 16.5. The minimum Gasteiger partial charge on any atom is -0.379 e. The van der Waals surface area contributed by atoms with Gasteiger partial charge in [-0.25, -0.2) is 0 Å². The van der Waals surface area contributed by atoms with Crippen molar-refractivity contribution in [2.24, 2.45) is 0 Å². The molecule has 0 radical (unpaired) electrons. The van der Waals surface area contributed by atoms with Crippen molar-refractivity contribution in [3.05, 3.63) is 35.5 Å². The second-order valence-corrected chi connectivity index (χ2v) is 5.33. The zero-order valence-corrected chi connectivity index (χ0v) is 11.9. The van der Waals surface area contributed by atoms with E-state index < -0.39 is 0 Å². The van der Waals surface area contributed by atoms with Crippen LogP contribution in [-0.2, 0) is 17.8 Å². The molecule has 1 saturated heterocycles. The lowest BCUT2D eigenvalue weighted by Gasteiger charge is -2.26. The van der Waals surface area contributed by atoms with Gasteiger partial charge in [-0.3, -0.25) is 4.90 Å². The zero-order chi connectivity index (χ0) is 13.2. The first-order valence-corrected chi connectivity index (χ1v) is 7.17. The number of nitrogens with zero attached hydrogens (tertiary/aromatic N) is 2. The van der Waals surface area contributed by atoms with Gasteiger partial charge in [0.1, 0.15) is 0 Å². The molecule has 1 aromatic heterocycles. The Labute approximate surface area is 114 Å². The predicted molar refractivity (Wildman–Crippen MR) is 78.4 cm³/mol. The van der Waals surface area contributed by atoms with E-state index in [-0.39, 0.29) is 0 Å². The van der Waals surface area contributed by atoms with Crippen LogP contribution in [-0.4, -0.2) is 35.8 Å². The molecule has 3 heteroatoms. The van der Waals surface area contributed by atoms with Crippen LogP contribution in [0.2, 0.25) is 0 Å². The van der Waals surface area contributed by atoms with E-state index in [0.29, 0.717) is 0 Å². The Bertz CT molecular complexity index is 567. The SMILES string of the molecule is CCn1c(CN2CCOCC2)cc2cc(C)ccc21.